The van der Waals surface area contributed by atoms with Gasteiger partial charge in [0.1, 0.15) is 4.88 Å². The van der Waals surface area contributed by atoms with Crippen molar-refractivity contribution in [2.75, 3.05) is 25.1 Å². The first kappa shape index (κ1) is 21.3. The highest BCUT2D eigenvalue weighted by atomic mass is 32.1. The van der Waals surface area contributed by atoms with E-state index in [1.54, 1.807) is 14.0 Å². The van der Waals surface area contributed by atoms with Gasteiger partial charge in [0.25, 0.3) is 5.91 Å². The Kier molecular flexibility index (Phi) is 6.53. The Balaban J connectivity index is 1.68. The molecule has 29 heavy (non-hydrogen) atoms. The van der Waals surface area contributed by atoms with Crippen LogP contribution in [0.5, 0.6) is 0 Å². The fraction of sp³-hybridized carbons (Fsp3) is 0.579. The Morgan fingerprint density at radius 2 is 2.10 bits per heavy atom. The normalized spacial score (nSPS) is 19.4. The minimum Gasteiger partial charge on any atom is -0.477 e. The molecule has 3 N–H and O–H groups in total. The monoisotopic (exact) mass is 421 g/mol. The van der Waals surface area contributed by atoms with Crippen molar-refractivity contribution in [2.24, 2.45) is 0 Å². The van der Waals surface area contributed by atoms with E-state index in [0.29, 0.717) is 36.2 Å². The van der Waals surface area contributed by atoms with Gasteiger partial charge in [-0.25, -0.2) is 14.8 Å². The second-order valence-corrected chi connectivity index (χ2v) is 8.00. The maximum Gasteiger partial charge on any atom is 0.347 e. The highest BCUT2D eigenvalue weighted by Crippen LogP contribution is 2.29. The number of nitrogens with zero attached hydrogens (tertiary/aromatic N) is 3. The quantitative estimate of drug-likeness (QED) is 0.625. The van der Waals surface area contributed by atoms with Crippen LogP contribution < -0.4 is 10.2 Å². The predicted molar refractivity (Wildman–Crippen MR) is 110 cm³/mol. The van der Waals surface area contributed by atoms with Crippen LogP contribution in [0.15, 0.2) is 0 Å². The number of thiazole rings is 1. The number of carbonyl (C=O) groups is 2. The number of nitrogens with one attached hydrogen (secondary N) is 2. The van der Waals surface area contributed by atoms with E-state index in [0.717, 1.165) is 24.2 Å². The molecule has 1 aliphatic rings. The zero-order valence-corrected chi connectivity index (χ0v) is 17.9. The highest BCUT2D eigenvalue weighted by Gasteiger charge is 2.33. The van der Waals surface area contributed by atoms with Gasteiger partial charge in [0.2, 0.25) is 0 Å². The van der Waals surface area contributed by atoms with Crippen molar-refractivity contribution in [1.82, 2.24) is 20.3 Å². The largest absolute Gasteiger partial charge is 0.477 e. The van der Waals surface area contributed by atoms with E-state index in [9.17, 15) is 14.7 Å². The lowest BCUT2D eigenvalue weighted by Crippen LogP contribution is -2.55. The van der Waals surface area contributed by atoms with Crippen LogP contribution >= 0.6 is 11.3 Å². The Morgan fingerprint density at radius 3 is 2.66 bits per heavy atom. The van der Waals surface area contributed by atoms with E-state index in [1.165, 1.54) is 11.3 Å². The Bertz CT molecular complexity index is 872. The molecule has 3 heterocycles. The topological polar surface area (TPSA) is 120 Å². The summed E-state index contributed by atoms with van der Waals surface area (Å²) in [6.45, 7) is 6.91. The number of hydrogen-bond donors (Lipinski definition) is 3. The van der Waals surface area contributed by atoms with Crippen molar-refractivity contribution in [3.63, 3.8) is 0 Å². The van der Waals surface area contributed by atoms with E-state index in [4.69, 9.17) is 4.74 Å². The number of ether oxygens (including phenoxy) is 1. The first-order chi connectivity index (χ1) is 13.9. The number of rotatable bonds is 7. The number of amides is 1. The first-order valence-electron chi connectivity index (χ1n) is 9.74. The fourth-order valence-electron chi connectivity index (χ4n) is 3.58. The molecule has 0 saturated carbocycles. The van der Waals surface area contributed by atoms with E-state index in [2.05, 4.69) is 20.3 Å². The molecule has 1 saturated heterocycles. The van der Waals surface area contributed by atoms with E-state index in [-0.39, 0.29) is 22.9 Å². The third-order valence-electron chi connectivity index (χ3n) is 5.20. The Labute approximate surface area is 173 Å². The standard InChI is InChI=1S/C19H27N5O4S/c1-5-11-12(6-2)22-16(21-11)17(25)23-13-7-8-24(9-14(13)28-4)19-20-10(3)15(29-19)18(26)27/h13-14H,5-9H2,1-4H3,(H,21,22)(H,23,25)(H,26,27)/t13-,14+/m0/s1. The number of anilines is 1. The van der Waals surface area contributed by atoms with Gasteiger partial charge in [-0.2, -0.15) is 0 Å². The molecule has 1 aliphatic heterocycles. The average molecular weight is 422 g/mol. The molecule has 3 rings (SSSR count). The third-order valence-corrected chi connectivity index (χ3v) is 6.40. The van der Waals surface area contributed by atoms with Crippen LogP contribution in [0.25, 0.3) is 0 Å². The molecule has 0 radical (unpaired) electrons. The van der Waals surface area contributed by atoms with Gasteiger partial charge in [-0.1, -0.05) is 25.2 Å². The molecule has 1 amide bonds. The summed E-state index contributed by atoms with van der Waals surface area (Å²) in [6.07, 6.45) is 2.00. The first-order valence-corrected chi connectivity index (χ1v) is 10.6. The summed E-state index contributed by atoms with van der Waals surface area (Å²) < 4.78 is 5.62. The number of hydrogen-bond acceptors (Lipinski definition) is 7. The number of carboxylic acids is 1. The number of piperidine rings is 1. The molecule has 2 aromatic rings. The van der Waals surface area contributed by atoms with Crippen LogP contribution in [0.2, 0.25) is 0 Å². The number of carboxylic acid groups (broad SMARTS) is 1. The van der Waals surface area contributed by atoms with Crippen LogP contribution in [0, 0.1) is 6.92 Å². The van der Waals surface area contributed by atoms with E-state index >= 15 is 0 Å². The average Bonchev–Trinajstić information content (AvgIpc) is 3.31. The fourth-order valence-corrected chi connectivity index (χ4v) is 4.53. The van der Waals surface area contributed by atoms with Crippen molar-refractivity contribution in [3.8, 4) is 0 Å². The van der Waals surface area contributed by atoms with Gasteiger partial charge in [-0.3, -0.25) is 4.79 Å². The van der Waals surface area contributed by atoms with Crippen molar-refractivity contribution in [1.29, 1.82) is 0 Å². The van der Waals surface area contributed by atoms with Crippen molar-refractivity contribution >= 4 is 28.3 Å². The minimum absolute atomic E-state index is 0.163. The molecule has 2 atom stereocenters. The second kappa shape index (κ2) is 8.91. The van der Waals surface area contributed by atoms with Gasteiger partial charge in [0.05, 0.1) is 23.5 Å². The maximum atomic E-state index is 12.7. The van der Waals surface area contributed by atoms with Gasteiger partial charge in [0.15, 0.2) is 11.0 Å². The van der Waals surface area contributed by atoms with Crippen LogP contribution in [0.4, 0.5) is 5.13 Å². The van der Waals surface area contributed by atoms with Crippen molar-refractivity contribution < 1.29 is 19.4 Å². The Hall–Kier alpha value is -2.46. The van der Waals surface area contributed by atoms with Crippen LogP contribution in [-0.4, -0.2) is 64.3 Å². The zero-order chi connectivity index (χ0) is 21.1. The lowest BCUT2D eigenvalue weighted by Gasteiger charge is -2.37. The predicted octanol–water partition coefficient (Wildman–Crippen LogP) is 2.02. The molecule has 0 aliphatic carbocycles. The summed E-state index contributed by atoms with van der Waals surface area (Å²) in [5.41, 5.74) is 2.42. The van der Waals surface area contributed by atoms with Crippen LogP contribution in [0.3, 0.4) is 0 Å². The van der Waals surface area contributed by atoms with Gasteiger partial charge in [0, 0.05) is 25.9 Å². The van der Waals surface area contributed by atoms with Gasteiger partial charge >= 0.3 is 5.97 Å². The van der Waals surface area contributed by atoms with Crippen LogP contribution in [-0.2, 0) is 17.6 Å². The molecule has 0 spiro atoms. The van der Waals surface area contributed by atoms with E-state index < -0.39 is 5.97 Å². The maximum absolute atomic E-state index is 12.7. The molecule has 9 nitrogen and oxygen atoms in total. The summed E-state index contributed by atoms with van der Waals surface area (Å²) in [4.78, 5) is 38.2. The van der Waals surface area contributed by atoms with Gasteiger partial charge in [-0.05, 0) is 26.2 Å². The molecule has 0 bridgehead atoms. The van der Waals surface area contributed by atoms with Crippen molar-refractivity contribution in [2.45, 2.75) is 52.2 Å². The number of methoxy groups -OCH3 is 1. The summed E-state index contributed by atoms with van der Waals surface area (Å²) in [5.74, 6) is -0.871. The third kappa shape index (κ3) is 4.43. The summed E-state index contributed by atoms with van der Waals surface area (Å²) >= 11 is 1.17. The Morgan fingerprint density at radius 1 is 1.34 bits per heavy atom. The number of carbonyl (C=O) groups excluding carboxylic acids is 1. The molecule has 158 valence electrons. The molecule has 0 aromatic carbocycles. The zero-order valence-electron chi connectivity index (χ0n) is 17.1. The summed E-state index contributed by atoms with van der Waals surface area (Å²) in [7, 11) is 1.61. The number of H-pyrrole nitrogens is 1. The van der Waals surface area contributed by atoms with Crippen molar-refractivity contribution in [3.05, 3.63) is 27.8 Å². The van der Waals surface area contributed by atoms with Gasteiger partial charge in [-0.15, -0.1) is 0 Å². The van der Waals surface area contributed by atoms with E-state index in [1.807, 2.05) is 18.7 Å². The number of aromatic amines is 1. The lowest BCUT2D eigenvalue weighted by atomic mass is 10.0. The summed E-state index contributed by atoms with van der Waals surface area (Å²) in [5, 5.41) is 13.0. The lowest BCUT2D eigenvalue weighted by molar-refractivity contribution is 0.0538. The van der Waals surface area contributed by atoms with Crippen LogP contribution in [0.1, 0.15) is 57.6 Å². The second-order valence-electron chi connectivity index (χ2n) is 7.02. The minimum atomic E-state index is -0.965. The summed E-state index contributed by atoms with van der Waals surface area (Å²) in [6, 6.07) is -0.163. The molecular weight excluding hydrogens is 394 g/mol. The molecule has 2 aromatic heterocycles. The number of aromatic carboxylic acids is 1. The number of aromatic nitrogens is 3. The molecule has 10 heteroatoms. The highest BCUT2D eigenvalue weighted by molar-refractivity contribution is 7.17. The SMILES string of the molecule is CCc1nc(C(=O)N[C@H]2CCN(c3nc(C)c(C(=O)O)s3)C[C@H]2OC)[nH]c1CC. The number of aryl methyl sites for hydroxylation is 3. The molecular formula is C19H27N5O4S. The molecule has 1 fully saturated rings. The number of imidazole rings is 1. The molecule has 0 unspecified atom stereocenters. The van der Waals surface area contributed by atoms with Gasteiger partial charge < -0.3 is 25.0 Å². The smallest absolute Gasteiger partial charge is 0.347 e.